The first-order chi connectivity index (χ1) is 8.22. The third-order valence-corrected chi connectivity index (χ3v) is 2.46. The molecule has 0 aliphatic heterocycles. The summed E-state index contributed by atoms with van der Waals surface area (Å²) in [5, 5.41) is 12.7. The molecule has 2 heterocycles. The fourth-order valence-corrected chi connectivity index (χ4v) is 1.48. The van der Waals surface area contributed by atoms with Crippen LogP contribution in [0.15, 0.2) is 23.0 Å². The van der Waals surface area contributed by atoms with Gasteiger partial charge in [0.2, 0.25) is 11.7 Å². The van der Waals surface area contributed by atoms with Crippen molar-refractivity contribution in [2.45, 2.75) is 19.4 Å². The zero-order valence-corrected chi connectivity index (χ0v) is 9.50. The average Bonchev–Trinajstić information content (AvgIpc) is 2.79. The van der Waals surface area contributed by atoms with Gasteiger partial charge in [-0.25, -0.2) is 0 Å². The van der Waals surface area contributed by atoms with Gasteiger partial charge < -0.3 is 15.4 Å². The lowest BCUT2D eigenvalue weighted by Crippen LogP contribution is -2.12. The van der Waals surface area contributed by atoms with Gasteiger partial charge in [-0.15, -0.1) is 0 Å². The van der Waals surface area contributed by atoms with Crippen molar-refractivity contribution in [1.29, 1.82) is 0 Å². The van der Waals surface area contributed by atoms with Crippen LogP contribution in [0.4, 0.5) is 0 Å². The quantitative estimate of drug-likeness (QED) is 0.812. The van der Waals surface area contributed by atoms with Gasteiger partial charge in [0.05, 0.1) is 6.04 Å². The lowest BCUT2D eigenvalue weighted by atomic mass is 10.1. The molecule has 90 valence electrons. The molecule has 0 aromatic carbocycles. The summed E-state index contributed by atoms with van der Waals surface area (Å²) in [5.41, 5.74) is 7.60. The van der Waals surface area contributed by atoms with E-state index in [1.165, 1.54) is 0 Å². The molecular weight excluding hydrogens is 220 g/mol. The SMILES string of the molecule is Cc1cnccc1-c1noc(C(N)CCO)n1. The number of rotatable bonds is 4. The summed E-state index contributed by atoms with van der Waals surface area (Å²) in [6.45, 7) is 1.92. The second-order valence-corrected chi connectivity index (χ2v) is 3.77. The van der Waals surface area contributed by atoms with Crippen molar-refractivity contribution in [3.8, 4) is 11.4 Å². The van der Waals surface area contributed by atoms with E-state index in [0.717, 1.165) is 11.1 Å². The van der Waals surface area contributed by atoms with Gasteiger partial charge in [-0.05, 0) is 25.0 Å². The molecule has 6 nitrogen and oxygen atoms in total. The first kappa shape index (κ1) is 11.7. The highest BCUT2D eigenvalue weighted by Crippen LogP contribution is 2.21. The fraction of sp³-hybridized carbons (Fsp3) is 0.364. The first-order valence-electron chi connectivity index (χ1n) is 5.33. The van der Waals surface area contributed by atoms with Gasteiger partial charge in [0, 0.05) is 24.6 Å². The lowest BCUT2D eigenvalue weighted by Gasteiger charge is -2.02. The van der Waals surface area contributed by atoms with Crippen LogP contribution in [0.1, 0.15) is 23.9 Å². The minimum atomic E-state index is -0.427. The Balaban J connectivity index is 2.27. The Labute approximate surface area is 98.5 Å². The molecule has 0 saturated carbocycles. The molecule has 2 aromatic rings. The Morgan fingerprint density at radius 2 is 2.35 bits per heavy atom. The first-order valence-corrected chi connectivity index (χ1v) is 5.33. The lowest BCUT2D eigenvalue weighted by molar-refractivity contribution is 0.259. The second kappa shape index (κ2) is 5.03. The number of hydrogen-bond donors (Lipinski definition) is 2. The Kier molecular flexibility index (Phi) is 3.46. The molecule has 0 fully saturated rings. The minimum absolute atomic E-state index is 0.00678. The standard InChI is InChI=1S/C11H14N4O2/c1-7-6-13-4-2-8(7)10-14-11(17-15-10)9(12)3-5-16/h2,4,6,9,16H,3,5,12H2,1H3. The zero-order chi connectivity index (χ0) is 12.3. The molecule has 0 aliphatic rings. The molecular formula is C11H14N4O2. The van der Waals surface area contributed by atoms with Crippen molar-refractivity contribution in [3.05, 3.63) is 29.9 Å². The topological polar surface area (TPSA) is 98.1 Å². The Morgan fingerprint density at radius 3 is 3.06 bits per heavy atom. The molecule has 0 saturated heterocycles. The van der Waals surface area contributed by atoms with E-state index in [9.17, 15) is 0 Å². The summed E-state index contributed by atoms with van der Waals surface area (Å²) < 4.78 is 5.07. The monoisotopic (exact) mass is 234 g/mol. The highest BCUT2D eigenvalue weighted by molar-refractivity contribution is 5.57. The van der Waals surface area contributed by atoms with E-state index in [-0.39, 0.29) is 6.61 Å². The van der Waals surface area contributed by atoms with E-state index in [1.807, 2.05) is 13.0 Å². The number of nitrogens with zero attached hydrogens (tertiary/aromatic N) is 3. The van der Waals surface area contributed by atoms with Crippen LogP contribution >= 0.6 is 0 Å². The van der Waals surface area contributed by atoms with Crippen LogP contribution in [0.25, 0.3) is 11.4 Å². The number of aryl methyl sites for hydroxylation is 1. The van der Waals surface area contributed by atoms with Crippen LogP contribution in [0, 0.1) is 6.92 Å². The highest BCUT2D eigenvalue weighted by atomic mass is 16.5. The van der Waals surface area contributed by atoms with Gasteiger partial charge in [0.1, 0.15) is 0 Å². The predicted octanol–water partition coefficient (Wildman–Crippen LogP) is 0.822. The van der Waals surface area contributed by atoms with E-state index >= 15 is 0 Å². The van der Waals surface area contributed by atoms with E-state index in [0.29, 0.717) is 18.1 Å². The van der Waals surface area contributed by atoms with Gasteiger partial charge in [-0.3, -0.25) is 4.98 Å². The van der Waals surface area contributed by atoms with Gasteiger partial charge in [0.25, 0.3) is 0 Å². The maximum Gasteiger partial charge on any atom is 0.243 e. The second-order valence-electron chi connectivity index (χ2n) is 3.77. The van der Waals surface area contributed by atoms with Crippen molar-refractivity contribution < 1.29 is 9.63 Å². The molecule has 1 unspecified atom stereocenters. The summed E-state index contributed by atoms with van der Waals surface area (Å²) >= 11 is 0. The maximum absolute atomic E-state index is 8.79. The van der Waals surface area contributed by atoms with Crippen molar-refractivity contribution in [3.63, 3.8) is 0 Å². The smallest absolute Gasteiger partial charge is 0.243 e. The summed E-state index contributed by atoms with van der Waals surface area (Å²) in [4.78, 5) is 8.22. The van der Waals surface area contributed by atoms with E-state index < -0.39 is 6.04 Å². The number of nitrogens with two attached hydrogens (primary N) is 1. The fourth-order valence-electron chi connectivity index (χ4n) is 1.48. The van der Waals surface area contributed by atoms with Crippen molar-refractivity contribution in [1.82, 2.24) is 15.1 Å². The molecule has 0 bridgehead atoms. The predicted molar refractivity (Wildman–Crippen MR) is 60.9 cm³/mol. The molecule has 0 aliphatic carbocycles. The summed E-state index contributed by atoms with van der Waals surface area (Å²) in [5.74, 6) is 0.832. The Morgan fingerprint density at radius 1 is 1.53 bits per heavy atom. The van der Waals surface area contributed by atoms with E-state index in [4.69, 9.17) is 15.4 Å². The van der Waals surface area contributed by atoms with E-state index in [2.05, 4.69) is 15.1 Å². The summed E-state index contributed by atoms with van der Waals surface area (Å²) in [6, 6.07) is 1.39. The zero-order valence-electron chi connectivity index (χ0n) is 9.50. The van der Waals surface area contributed by atoms with Gasteiger partial charge in [-0.2, -0.15) is 4.98 Å². The van der Waals surface area contributed by atoms with Gasteiger partial charge in [0.15, 0.2) is 0 Å². The van der Waals surface area contributed by atoms with E-state index in [1.54, 1.807) is 12.4 Å². The summed E-state index contributed by atoms with van der Waals surface area (Å²) in [7, 11) is 0. The van der Waals surface area contributed by atoms with Crippen LogP contribution in [-0.4, -0.2) is 26.8 Å². The molecule has 0 spiro atoms. The van der Waals surface area contributed by atoms with Crippen LogP contribution in [0.5, 0.6) is 0 Å². The van der Waals surface area contributed by atoms with Crippen molar-refractivity contribution >= 4 is 0 Å². The maximum atomic E-state index is 8.79. The number of aromatic nitrogens is 3. The number of aliphatic hydroxyl groups excluding tert-OH is 1. The molecule has 6 heteroatoms. The number of hydrogen-bond acceptors (Lipinski definition) is 6. The third-order valence-electron chi connectivity index (χ3n) is 2.46. The molecule has 17 heavy (non-hydrogen) atoms. The minimum Gasteiger partial charge on any atom is -0.396 e. The van der Waals surface area contributed by atoms with Crippen LogP contribution < -0.4 is 5.73 Å². The average molecular weight is 234 g/mol. The van der Waals surface area contributed by atoms with Crippen molar-refractivity contribution in [2.75, 3.05) is 6.61 Å². The number of aliphatic hydroxyl groups is 1. The molecule has 2 aromatic heterocycles. The number of pyridine rings is 1. The molecule has 0 amide bonds. The summed E-state index contributed by atoms with van der Waals surface area (Å²) in [6.07, 6.45) is 3.81. The molecule has 0 radical (unpaired) electrons. The van der Waals surface area contributed by atoms with Crippen molar-refractivity contribution in [2.24, 2.45) is 5.73 Å². The molecule has 2 rings (SSSR count). The Bertz CT molecular complexity index is 498. The normalized spacial score (nSPS) is 12.6. The largest absolute Gasteiger partial charge is 0.396 e. The van der Waals surface area contributed by atoms with Gasteiger partial charge in [-0.1, -0.05) is 5.16 Å². The molecule has 1 atom stereocenters. The van der Waals surface area contributed by atoms with Crippen LogP contribution in [-0.2, 0) is 0 Å². The molecule has 3 N–H and O–H groups in total. The third kappa shape index (κ3) is 2.48. The van der Waals surface area contributed by atoms with Gasteiger partial charge >= 0.3 is 0 Å². The van der Waals surface area contributed by atoms with Crippen LogP contribution in [0.3, 0.4) is 0 Å². The Hall–Kier alpha value is -1.79. The van der Waals surface area contributed by atoms with Crippen LogP contribution in [0.2, 0.25) is 0 Å². The highest BCUT2D eigenvalue weighted by Gasteiger charge is 2.15.